The standard InChI is InChI=1S/C12H24O11/c13-1-4(16)6(17)8(19)9(20)11(22)12(3-15)10(21)7(18)5(2-14)23-12/h4-11,13-22H,1-3H2/t4-,5-,6-,7-,8+,9+,10+,11?,12-/m1/s1/i3D/t3?,4-,5-,6-,7-,8+,9+,10+,11?,12-. The zero-order valence-corrected chi connectivity index (χ0v) is 12.0. The lowest BCUT2D eigenvalue weighted by Gasteiger charge is -2.39. The van der Waals surface area contributed by atoms with E-state index in [4.69, 9.17) is 16.3 Å². The first kappa shape index (κ1) is 18.9. The zero-order valence-electron chi connectivity index (χ0n) is 13.0. The molecule has 138 valence electrons. The lowest BCUT2D eigenvalue weighted by Crippen LogP contribution is -2.63. The quantitative estimate of drug-likeness (QED) is 0.200. The Morgan fingerprint density at radius 3 is 1.91 bits per heavy atom. The van der Waals surface area contributed by atoms with Gasteiger partial charge in [0.25, 0.3) is 0 Å². The van der Waals surface area contributed by atoms with Crippen molar-refractivity contribution in [2.24, 2.45) is 0 Å². The highest BCUT2D eigenvalue weighted by Crippen LogP contribution is 2.36. The van der Waals surface area contributed by atoms with E-state index < -0.39 is 74.2 Å². The van der Waals surface area contributed by atoms with Gasteiger partial charge in [0, 0.05) is 0 Å². The number of ether oxygens (including phenoxy) is 1. The minimum atomic E-state index is -2.71. The Morgan fingerprint density at radius 2 is 1.52 bits per heavy atom. The molecule has 0 spiro atoms. The fourth-order valence-corrected chi connectivity index (χ4v) is 2.44. The number of hydrogen-bond donors (Lipinski definition) is 10. The van der Waals surface area contributed by atoms with E-state index in [1.165, 1.54) is 0 Å². The second kappa shape index (κ2) is 8.09. The largest absolute Gasteiger partial charge is 0.394 e. The van der Waals surface area contributed by atoms with Crippen LogP contribution in [0.4, 0.5) is 0 Å². The van der Waals surface area contributed by atoms with Crippen LogP contribution in [-0.4, -0.2) is 125 Å². The topological polar surface area (TPSA) is 212 Å². The fourth-order valence-electron chi connectivity index (χ4n) is 2.44. The lowest BCUT2D eigenvalue weighted by atomic mass is 9.83. The van der Waals surface area contributed by atoms with Crippen LogP contribution in [0.25, 0.3) is 0 Å². The van der Waals surface area contributed by atoms with Crippen molar-refractivity contribution in [2.75, 3.05) is 19.8 Å². The van der Waals surface area contributed by atoms with E-state index in [-0.39, 0.29) is 0 Å². The Balaban J connectivity index is 3.09. The summed E-state index contributed by atoms with van der Waals surface area (Å²) in [7, 11) is 0. The van der Waals surface area contributed by atoms with Crippen LogP contribution >= 0.6 is 0 Å². The van der Waals surface area contributed by atoms with Gasteiger partial charge in [0.05, 0.1) is 21.2 Å². The summed E-state index contributed by atoms with van der Waals surface area (Å²) in [6.45, 7) is -4.24. The maximum Gasteiger partial charge on any atom is 0.148 e. The molecule has 0 bridgehead atoms. The predicted molar refractivity (Wildman–Crippen MR) is 70.9 cm³/mol. The summed E-state index contributed by atoms with van der Waals surface area (Å²) < 4.78 is 12.4. The smallest absolute Gasteiger partial charge is 0.148 e. The molecule has 1 fully saturated rings. The summed E-state index contributed by atoms with van der Waals surface area (Å²) >= 11 is 0. The molecule has 1 saturated heterocycles. The monoisotopic (exact) mass is 345 g/mol. The third-order valence-electron chi connectivity index (χ3n) is 3.97. The minimum Gasteiger partial charge on any atom is -0.394 e. The summed E-state index contributed by atoms with van der Waals surface area (Å²) in [4.78, 5) is 0. The Labute approximate surface area is 132 Å². The van der Waals surface area contributed by atoms with Crippen LogP contribution in [0.3, 0.4) is 0 Å². The normalized spacial score (nSPS) is 40.1. The van der Waals surface area contributed by atoms with Crippen molar-refractivity contribution in [1.82, 2.24) is 0 Å². The number of hydrogen-bond acceptors (Lipinski definition) is 11. The van der Waals surface area contributed by atoms with Gasteiger partial charge in [-0.25, -0.2) is 0 Å². The van der Waals surface area contributed by atoms with Crippen molar-refractivity contribution in [2.45, 2.75) is 54.4 Å². The zero-order chi connectivity index (χ0) is 18.8. The fraction of sp³-hybridized carbons (Fsp3) is 1.00. The van der Waals surface area contributed by atoms with Crippen molar-refractivity contribution in [1.29, 1.82) is 0 Å². The van der Waals surface area contributed by atoms with Crippen LogP contribution in [0.1, 0.15) is 1.37 Å². The first-order valence-corrected chi connectivity index (χ1v) is 6.82. The maximum atomic E-state index is 10.2. The number of aliphatic hydroxyl groups excluding tert-OH is 10. The van der Waals surface area contributed by atoms with E-state index in [9.17, 15) is 40.9 Å². The van der Waals surface area contributed by atoms with Crippen LogP contribution in [0, 0.1) is 0 Å². The Kier molecular flexibility index (Phi) is 6.65. The van der Waals surface area contributed by atoms with Crippen molar-refractivity contribution in [3.05, 3.63) is 0 Å². The van der Waals surface area contributed by atoms with Crippen LogP contribution < -0.4 is 0 Å². The molecule has 11 heteroatoms. The van der Waals surface area contributed by atoms with Crippen molar-refractivity contribution >= 4 is 0 Å². The number of rotatable bonds is 8. The lowest BCUT2D eigenvalue weighted by molar-refractivity contribution is -0.224. The third kappa shape index (κ3) is 3.65. The molecule has 0 aromatic rings. The van der Waals surface area contributed by atoms with Gasteiger partial charge in [0.15, 0.2) is 0 Å². The Bertz CT molecular complexity index is 399. The molecule has 1 heterocycles. The Morgan fingerprint density at radius 1 is 0.957 bits per heavy atom. The highest BCUT2D eigenvalue weighted by atomic mass is 16.6. The second-order valence-corrected chi connectivity index (χ2v) is 5.42. The van der Waals surface area contributed by atoms with E-state index in [0.29, 0.717) is 0 Å². The molecular formula is C12H24O11. The Hall–Kier alpha value is -0.440. The molecule has 10 atom stereocenters. The van der Waals surface area contributed by atoms with Gasteiger partial charge in [0.2, 0.25) is 0 Å². The van der Waals surface area contributed by atoms with Crippen molar-refractivity contribution in [3.8, 4) is 0 Å². The molecule has 0 radical (unpaired) electrons. The summed E-state index contributed by atoms with van der Waals surface area (Å²) in [6, 6.07) is 0. The van der Waals surface area contributed by atoms with Crippen molar-refractivity contribution < 1.29 is 57.2 Å². The first-order valence-electron chi connectivity index (χ1n) is 7.40. The van der Waals surface area contributed by atoms with E-state index in [1.807, 2.05) is 0 Å². The summed E-state index contributed by atoms with van der Waals surface area (Å²) in [6.07, 6.45) is -16.5. The van der Waals surface area contributed by atoms with E-state index in [0.717, 1.165) is 0 Å². The average Bonchev–Trinajstić information content (AvgIpc) is 2.83. The molecule has 10 N–H and O–H groups in total. The van der Waals surface area contributed by atoms with Gasteiger partial charge in [-0.15, -0.1) is 0 Å². The summed E-state index contributed by atoms with van der Waals surface area (Å²) in [5.74, 6) is 0. The number of aliphatic hydroxyl groups is 10. The van der Waals surface area contributed by atoms with E-state index >= 15 is 0 Å². The molecule has 0 saturated carbocycles. The van der Waals surface area contributed by atoms with Gasteiger partial charge in [-0.3, -0.25) is 0 Å². The van der Waals surface area contributed by atoms with Crippen LogP contribution in [-0.2, 0) is 4.74 Å². The molecule has 2 unspecified atom stereocenters. The van der Waals surface area contributed by atoms with Gasteiger partial charge in [-0.1, -0.05) is 0 Å². The molecule has 0 amide bonds. The van der Waals surface area contributed by atoms with Crippen LogP contribution in [0.15, 0.2) is 0 Å². The first-order chi connectivity index (χ1) is 11.1. The van der Waals surface area contributed by atoms with Gasteiger partial charge >= 0.3 is 0 Å². The van der Waals surface area contributed by atoms with E-state index in [1.54, 1.807) is 0 Å². The molecule has 0 aliphatic carbocycles. The molecule has 23 heavy (non-hydrogen) atoms. The molecule has 0 aromatic heterocycles. The highest BCUT2D eigenvalue weighted by Gasteiger charge is 2.60. The molecule has 1 rings (SSSR count). The summed E-state index contributed by atoms with van der Waals surface area (Å²) in [5.41, 5.74) is -2.71. The predicted octanol–water partition coefficient (Wildman–Crippen LogP) is -6.37. The van der Waals surface area contributed by atoms with Crippen LogP contribution in [0.2, 0.25) is 0 Å². The summed E-state index contributed by atoms with van der Waals surface area (Å²) in [5, 5.41) is 95.8. The maximum absolute atomic E-state index is 10.2. The highest BCUT2D eigenvalue weighted by molar-refractivity contribution is 5.09. The van der Waals surface area contributed by atoms with E-state index in [2.05, 4.69) is 0 Å². The third-order valence-corrected chi connectivity index (χ3v) is 3.97. The molecular weight excluding hydrogens is 320 g/mol. The van der Waals surface area contributed by atoms with Gasteiger partial charge in [-0.05, 0) is 0 Å². The molecule has 0 aromatic carbocycles. The second-order valence-electron chi connectivity index (χ2n) is 5.42. The molecule has 1 aliphatic rings. The minimum absolute atomic E-state index is 0.843. The van der Waals surface area contributed by atoms with Crippen LogP contribution in [0.5, 0.6) is 0 Å². The molecule has 11 nitrogen and oxygen atoms in total. The van der Waals surface area contributed by atoms with Gasteiger partial charge in [-0.2, -0.15) is 0 Å². The van der Waals surface area contributed by atoms with Gasteiger partial charge in [0.1, 0.15) is 54.4 Å². The average molecular weight is 345 g/mol. The van der Waals surface area contributed by atoms with Gasteiger partial charge < -0.3 is 55.8 Å². The SMILES string of the molecule is [2H]C(O)[C@@]1(C(O)[C@@H](O)[C@@H](O)[C@H](O)[C@H](O)CO)O[C@H](CO)[C@@H](O)[C@@H]1O. The molecule has 1 aliphatic heterocycles. The van der Waals surface area contributed by atoms with Crippen molar-refractivity contribution in [3.63, 3.8) is 0 Å².